The normalized spacial score (nSPS) is 11.0. The zero-order valence-corrected chi connectivity index (χ0v) is 15.5. The molecule has 1 heterocycles. The minimum atomic E-state index is 0.112. The van der Waals surface area contributed by atoms with Crippen LogP contribution in [0.1, 0.15) is 31.2 Å². The van der Waals surface area contributed by atoms with Gasteiger partial charge in [0.25, 0.3) is 5.91 Å². The van der Waals surface area contributed by atoms with E-state index in [1.807, 2.05) is 37.2 Å². The van der Waals surface area contributed by atoms with Crippen LogP contribution in [-0.4, -0.2) is 42.9 Å². The van der Waals surface area contributed by atoms with Crippen LogP contribution in [0.15, 0.2) is 30.3 Å². The molecule has 2 rings (SSSR count). The Morgan fingerprint density at radius 1 is 1.00 bits per heavy atom. The molecule has 0 aliphatic rings. The van der Waals surface area contributed by atoms with E-state index >= 15 is 0 Å². The number of hydrogen-bond donors (Lipinski definition) is 0. The molecule has 0 N–H and O–H groups in total. The van der Waals surface area contributed by atoms with Gasteiger partial charge in [0.05, 0.1) is 6.54 Å². The lowest BCUT2D eigenvalue weighted by Gasteiger charge is -2.24. The lowest BCUT2D eigenvalue weighted by atomic mass is 10.1. The third kappa shape index (κ3) is 4.91. The van der Waals surface area contributed by atoms with Crippen LogP contribution < -0.4 is 0 Å². The van der Waals surface area contributed by atoms with Crippen molar-refractivity contribution in [3.63, 3.8) is 0 Å². The summed E-state index contributed by atoms with van der Waals surface area (Å²) in [5.41, 5.74) is 3.16. The quantitative estimate of drug-likeness (QED) is 0.802. The number of benzene rings is 1. The van der Waals surface area contributed by atoms with Crippen LogP contribution in [0.2, 0.25) is 0 Å². The van der Waals surface area contributed by atoms with Crippen LogP contribution >= 0.6 is 11.3 Å². The van der Waals surface area contributed by atoms with Crippen molar-refractivity contribution in [2.75, 3.05) is 27.2 Å². The highest BCUT2D eigenvalue weighted by molar-refractivity contribution is 7.11. The number of nitrogens with zero attached hydrogens (tertiary/aromatic N) is 2. The molecular formula is C19H26N2OS. The SMILES string of the molecule is Cc1ccc(CN(CCN(C)C)C(=O)c2ccc(C)c(C)c2)s1. The molecule has 0 saturated carbocycles. The highest BCUT2D eigenvalue weighted by atomic mass is 32.1. The summed E-state index contributed by atoms with van der Waals surface area (Å²) in [5, 5.41) is 0. The molecular weight excluding hydrogens is 304 g/mol. The summed E-state index contributed by atoms with van der Waals surface area (Å²) in [6.07, 6.45) is 0. The van der Waals surface area contributed by atoms with Gasteiger partial charge in [0.1, 0.15) is 0 Å². The van der Waals surface area contributed by atoms with Crippen molar-refractivity contribution in [1.29, 1.82) is 0 Å². The van der Waals surface area contributed by atoms with Crippen LogP contribution in [0.25, 0.3) is 0 Å². The Kier molecular flexibility index (Phi) is 5.97. The second kappa shape index (κ2) is 7.75. The smallest absolute Gasteiger partial charge is 0.254 e. The van der Waals surface area contributed by atoms with Crippen molar-refractivity contribution in [1.82, 2.24) is 9.80 Å². The molecule has 0 spiro atoms. The molecule has 1 aromatic carbocycles. The number of amides is 1. The van der Waals surface area contributed by atoms with Gasteiger partial charge in [-0.1, -0.05) is 6.07 Å². The molecule has 0 unspecified atom stereocenters. The third-order valence-electron chi connectivity index (χ3n) is 4.00. The number of aryl methyl sites for hydroxylation is 3. The number of likely N-dealkylation sites (N-methyl/N-ethyl adjacent to an activating group) is 1. The molecule has 0 aliphatic heterocycles. The minimum Gasteiger partial charge on any atom is -0.332 e. The zero-order valence-electron chi connectivity index (χ0n) is 14.7. The van der Waals surface area contributed by atoms with E-state index in [1.165, 1.54) is 15.3 Å². The Bertz CT molecular complexity index is 676. The monoisotopic (exact) mass is 330 g/mol. The standard InChI is InChI=1S/C19H26N2OS/c1-14-6-8-17(12-15(14)2)19(22)21(11-10-20(4)5)13-18-9-7-16(3)23-18/h6-9,12H,10-11,13H2,1-5H3. The summed E-state index contributed by atoms with van der Waals surface area (Å²) in [6, 6.07) is 10.2. The van der Waals surface area contributed by atoms with Crippen LogP contribution in [0, 0.1) is 20.8 Å². The summed E-state index contributed by atoms with van der Waals surface area (Å²) in [5.74, 6) is 0.112. The van der Waals surface area contributed by atoms with Gasteiger partial charge in [-0.3, -0.25) is 4.79 Å². The van der Waals surface area contributed by atoms with Crippen molar-refractivity contribution >= 4 is 17.2 Å². The van der Waals surface area contributed by atoms with Crippen molar-refractivity contribution in [3.05, 3.63) is 56.8 Å². The fourth-order valence-electron chi connectivity index (χ4n) is 2.39. The molecule has 3 nitrogen and oxygen atoms in total. The van der Waals surface area contributed by atoms with E-state index in [4.69, 9.17) is 0 Å². The van der Waals surface area contributed by atoms with Gasteiger partial charge in [0.2, 0.25) is 0 Å². The van der Waals surface area contributed by atoms with Gasteiger partial charge >= 0.3 is 0 Å². The minimum absolute atomic E-state index is 0.112. The molecule has 1 aromatic heterocycles. The van der Waals surface area contributed by atoms with Crippen molar-refractivity contribution in [2.24, 2.45) is 0 Å². The van der Waals surface area contributed by atoms with Crippen molar-refractivity contribution in [3.8, 4) is 0 Å². The maximum atomic E-state index is 12.9. The fourth-order valence-corrected chi connectivity index (χ4v) is 3.29. The molecule has 0 saturated heterocycles. The number of carbonyl (C=O) groups is 1. The maximum absolute atomic E-state index is 12.9. The largest absolute Gasteiger partial charge is 0.332 e. The van der Waals surface area contributed by atoms with Crippen LogP contribution in [0.4, 0.5) is 0 Å². The predicted molar refractivity (Wildman–Crippen MR) is 98.3 cm³/mol. The number of thiophene rings is 1. The van der Waals surface area contributed by atoms with Crippen LogP contribution in [0.3, 0.4) is 0 Å². The average Bonchev–Trinajstić information content (AvgIpc) is 2.90. The fraction of sp³-hybridized carbons (Fsp3) is 0.421. The summed E-state index contributed by atoms with van der Waals surface area (Å²) < 4.78 is 0. The van der Waals surface area contributed by atoms with E-state index in [0.29, 0.717) is 6.54 Å². The second-order valence-corrected chi connectivity index (χ2v) is 7.71. The van der Waals surface area contributed by atoms with Crippen molar-refractivity contribution in [2.45, 2.75) is 27.3 Å². The molecule has 0 radical (unpaired) electrons. The Morgan fingerprint density at radius 2 is 1.74 bits per heavy atom. The molecule has 1 amide bonds. The Balaban J connectivity index is 2.20. The molecule has 0 fully saturated rings. The predicted octanol–water partition coefficient (Wildman–Crippen LogP) is 3.88. The topological polar surface area (TPSA) is 23.6 Å². The Morgan fingerprint density at radius 3 is 2.30 bits per heavy atom. The molecule has 23 heavy (non-hydrogen) atoms. The van der Waals surface area contributed by atoms with Gasteiger partial charge < -0.3 is 9.80 Å². The number of hydrogen-bond acceptors (Lipinski definition) is 3. The van der Waals surface area contributed by atoms with E-state index < -0.39 is 0 Å². The first kappa shape index (κ1) is 17.7. The summed E-state index contributed by atoms with van der Waals surface area (Å²) >= 11 is 1.76. The summed E-state index contributed by atoms with van der Waals surface area (Å²) in [7, 11) is 4.07. The number of rotatable bonds is 6. The van der Waals surface area contributed by atoms with Gasteiger partial charge in [-0.15, -0.1) is 11.3 Å². The van der Waals surface area contributed by atoms with E-state index in [1.54, 1.807) is 11.3 Å². The van der Waals surface area contributed by atoms with Gasteiger partial charge in [0, 0.05) is 28.4 Å². The summed E-state index contributed by atoms with van der Waals surface area (Å²) in [4.78, 5) is 19.5. The van der Waals surface area contributed by atoms with Gasteiger partial charge in [-0.05, 0) is 70.3 Å². The van der Waals surface area contributed by atoms with Gasteiger partial charge in [0.15, 0.2) is 0 Å². The zero-order chi connectivity index (χ0) is 17.0. The van der Waals surface area contributed by atoms with E-state index in [0.717, 1.165) is 24.2 Å². The first-order valence-electron chi connectivity index (χ1n) is 7.93. The van der Waals surface area contributed by atoms with E-state index in [9.17, 15) is 4.79 Å². The van der Waals surface area contributed by atoms with Crippen LogP contribution in [0.5, 0.6) is 0 Å². The molecule has 124 valence electrons. The van der Waals surface area contributed by atoms with Gasteiger partial charge in [-0.2, -0.15) is 0 Å². The Hall–Kier alpha value is -1.65. The van der Waals surface area contributed by atoms with Gasteiger partial charge in [-0.25, -0.2) is 0 Å². The first-order valence-corrected chi connectivity index (χ1v) is 8.75. The lowest BCUT2D eigenvalue weighted by Crippen LogP contribution is -2.36. The average molecular weight is 330 g/mol. The second-order valence-electron chi connectivity index (χ2n) is 6.34. The van der Waals surface area contributed by atoms with Crippen LogP contribution in [-0.2, 0) is 6.54 Å². The molecule has 2 aromatic rings. The third-order valence-corrected chi connectivity index (χ3v) is 4.99. The Labute approximate surface area is 143 Å². The molecule has 0 aliphatic carbocycles. The highest BCUT2D eigenvalue weighted by Gasteiger charge is 2.17. The molecule has 4 heteroatoms. The number of carbonyl (C=O) groups excluding carboxylic acids is 1. The highest BCUT2D eigenvalue weighted by Crippen LogP contribution is 2.19. The van der Waals surface area contributed by atoms with Crippen molar-refractivity contribution < 1.29 is 4.79 Å². The molecule has 0 bridgehead atoms. The maximum Gasteiger partial charge on any atom is 0.254 e. The molecule has 0 atom stereocenters. The first-order chi connectivity index (χ1) is 10.9. The summed E-state index contributed by atoms with van der Waals surface area (Å²) in [6.45, 7) is 8.50. The lowest BCUT2D eigenvalue weighted by molar-refractivity contribution is 0.0733. The van der Waals surface area contributed by atoms with E-state index in [-0.39, 0.29) is 5.91 Å². The van der Waals surface area contributed by atoms with E-state index in [2.05, 4.69) is 37.8 Å².